The van der Waals surface area contributed by atoms with Gasteiger partial charge in [0.25, 0.3) is 0 Å². The van der Waals surface area contributed by atoms with E-state index in [-0.39, 0.29) is 5.91 Å². The molecule has 1 aromatic carbocycles. The quantitative estimate of drug-likeness (QED) is 0.602. The molecule has 2 aromatic rings. The number of benzene rings is 1. The molecule has 0 radical (unpaired) electrons. The highest BCUT2D eigenvalue weighted by molar-refractivity contribution is 7.16. The zero-order valence-electron chi connectivity index (χ0n) is 13.3. The van der Waals surface area contributed by atoms with Gasteiger partial charge in [-0.3, -0.25) is 4.79 Å². The number of hydrogen-bond acceptors (Lipinski definition) is 2. The molecule has 1 fully saturated rings. The molecule has 1 N–H and O–H groups in total. The van der Waals surface area contributed by atoms with Crippen LogP contribution in [0.15, 0.2) is 48.5 Å². The van der Waals surface area contributed by atoms with E-state index in [2.05, 4.69) is 29.6 Å². The molecule has 1 aromatic heterocycles. The smallest absolute Gasteiger partial charge is 0.244 e. The zero-order chi connectivity index (χ0) is 15.9. The Bertz CT molecular complexity index is 651. The van der Waals surface area contributed by atoms with Crippen LogP contribution in [0.1, 0.15) is 43.4 Å². The summed E-state index contributed by atoms with van der Waals surface area (Å²) in [7, 11) is 0. The van der Waals surface area contributed by atoms with E-state index in [0.29, 0.717) is 6.04 Å². The molecule has 0 saturated heterocycles. The fourth-order valence-corrected chi connectivity index (χ4v) is 3.95. The van der Waals surface area contributed by atoms with Crippen LogP contribution < -0.4 is 5.32 Å². The van der Waals surface area contributed by atoms with Gasteiger partial charge in [-0.2, -0.15) is 0 Å². The second-order valence-corrected chi connectivity index (χ2v) is 7.21. The van der Waals surface area contributed by atoms with Crippen molar-refractivity contribution >= 4 is 23.3 Å². The number of rotatable bonds is 4. The molecule has 1 heterocycles. The molecule has 0 aliphatic heterocycles. The maximum absolute atomic E-state index is 12.1. The summed E-state index contributed by atoms with van der Waals surface area (Å²) in [6.45, 7) is 0. The van der Waals surface area contributed by atoms with Crippen LogP contribution in [0.4, 0.5) is 0 Å². The van der Waals surface area contributed by atoms with Gasteiger partial charge in [0.05, 0.1) is 0 Å². The summed E-state index contributed by atoms with van der Waals surface area (Å²) < 4.78 is 0. The highest BCUT2D eigenvalue weighted by Crippen LogP contribution is 2.28. The Balaban J connectivity index is 1.57. The average Bonchev–Trinajstić information content (AvgIpc) is 2.91. The van der Waals surface area contributed by atoms with Crippen molar-refractivity contribution in [2.45, 2.75) is 44.6 Å². The lowest BCUT2D eigenvalue weighted by Crippen LogP contribution is -2.33. The first kappa shape index (κ1) is 16.0. The molecule has 0 bridgehead atoms. The van der Waals surface area contributed by atoms with Crippen LogP contribution in [0, 0.1) is 0 Å². The van der Waals surface area contributed by atoms with E-state index >= 15 is 0 Å². The molecule has 0 atom stereocenters. The van der Waals surface area contributed by atoms with E-state index in [1.54, 1.807) is 17.4 Å². The Labute approximate surface area is 142 Å². The van der Waals surface area contributed by atoms with E-state index in [9.17, 15) is 4.79 Å². The Morgan fingerprint density at radius 3 is 2.48 bits per heavy atom. The number of amides is 1. The zero-order valence-corrected chi connectivity index (χ0v) is 14.1. The van der Waals surface area contributed by atoms with Crippen molar-refractivity contribution < 1.29 is 4.79 Å². The summed E-state index contributed by atoms with van der Waals surface area (Å²) in [4.78, 5) is 14.4. The summed E-state index contributed by atoms with van der Waals surface area (Å²) in [5.74, 6) is 0.0339. The Kier molecular flexibility index (Phi) is 5.65. The van der Waals surface area contributed by atoms with Gasteiger partial charge in [0.15, 0.2) is 0 Å². The van der Waals surface area contributed by atoms with Crippen molar-refractivity contribution in [3.05, 3.63) is 53.4 Å². The first-order valence-corrected chi connectivity index (χ1v) is 9.27. The molecule has 1 aliphatic carbocycles. The van der Waals surface area contributed by atoms with Gasteiger partial charge < -0.3 is 5.32 Å². The third-order valence-corrected chi connectivity index (χ3v) is 5.39. The normalized spacial score (nSPS) is 16.3. The average molecular weight is 325 g/mol. The molecule has 23 heavy (non-hydrogen) atoms. The standard InChI is InChI=1S/C20H23NOS/c22-20(21-17-10-6-1-2-7-11-17)15-13-18-12-14-19(23-18)16-8-4-3-5-9-16/h3-5,8-9,12-15,17H,1-2,6-7,10-11H2,(H,21,22)/b15-13+. The second kappa shape index (κ2) is 8.11. The lowest BCUT2D eigenvalue weighted by molar-refractivity contribution is -0.117. The van der Waals surface area contributed by atoms with Gasteiger partial charge in [-0.15, -0.1) is 11.3 Å². The molecule has 120 valence electrons. The lowest BCUT2D eigenvalue weighted by Gasteiger charge is -2.14. The molecule has 2 nitrogen and oxygen atoms in total. The van der Waals surface area contributed by atoms with Gasteiger partial charge in [0, 0.05) is 21.9 Å². The lowest BCUT2D eigenvalue weighted by atomic mass is 10.1. The van der Waals surface area contributed by atoms with Crippen molar-refractivity contribution in [2.75, 3.05) is 0 Å². The Morgan fingerprint density at radius 2 is 1.74 bits per heavy atom. The van der Waals surface area contributed by atoms with Crippen LogP contribution >= 0.6 is 11.3 Å². The number of nitrogens with one attached hydrogen (secondary N) is 1. The largest absolute Gasteiger partial charge is 0.350 e. The maximum atomic E-state index is 12.1. The molecular formula is C20H23NOS. The third-order valence-electron chi connectivity index (χ3n) is 4.29. The molecule has 1 aliphatic rings. The van der Waals surface area contributed by atoms with Crippen molar-refractivity contribution in [1.29, 1.82) is 0 Å². The highest BCUT2D eigenvalue weighted by atomic mass is 32.1. The minimum atomic E-state index is 0.0339. The molecule has 1 saturated carbocycles. The fraction of sp³-hybridized carbons (Fsp3) is 0.350. The fourth-order valence-electron chi connectivity index (χ4n) is 3.03. The van der Waals surface area contributed by atoms with Crippen LogP contribution in [-0.4, -0.2) is 11.9 Å². The van der Waals surface area contributed by atoms with Crippen molar-refractivity contribution in [3.63, 3.8) is 0 Å². The maximum Gasteiger partial charge on any atom is 0.244 e. The molecular weight excluding hydrogens is 302 g/mol. The summed E-state index contributed by atoms with van der Waals surface area (Å²) in [6, 6.07) is 14.9. The topological polar surface area (TPSA) is 29.1 Å². The van der Waals surface area contributed by atoms with Gasteiger partial charge >= 0.3 is 0 Å². The van der Waals surface area contributed by atoms with Crippen molar-refractivity contribution in [3.8, 4) is 10.4 Å². The minimum absolute atomic E-state index is 0.0339. The van der Waals surface area contributed by atoms with E-state index in [1.807, 2.05) is 24.3 Å². The van der Waals surface area contributed by atoms with Gasteiger partial charge in [-0.1, -0.05) is 56.0 Å². The van der Waals surface area contributed by atoms with Gasteiger partial charge in [0.2, 0.25) is 5.91 Å². The van der Waals surface area contributed by atoms with E-state index < -0.39 is 0 Å². The van der Waals surface area contributed by atoms with Crippen LogP contribution in [-0.2, 0) is 4.79 Å². The summed E-state index contributed by atoms with van der Waals surface area (Å²) >= 11 is 1.71. The highest BCUT2D eigenvalue weighted by Gasteiger charge is 2.13. The van der Waals surface area contributed by atoms with Gasteiger partial charge in [-0.05, 0) is 36.6 Å². The van der Waals surface area contributed by atoms with Gasteiger partial charge in [-0.25, -0.2) is 0 Å². The van der Waals surface area contributed by atoms with E-state index in [1.165, 1.54) is 36.1 Å². The summed E-state index contributed by atoms with van der Waals surface area (Å²) in [5.41, 5.74) is 1.22. The number of hydrogen-bond donors (Lipinski definition) is 1. The minimum Gasteiger partial charge on any atom is -0.350 e. The van der Waals surface area contributed by atoms with Crippen LogP contribution in [0.3, 0.4) is 0 Å². The summed E-state index contributed by atoms with van der Waals surface area (Å²) in [5, 5.41) is 3.15. The molecule has 0 unspecified atom stereocenters. The molecule has 3 rings (SSSR count). The van der Waals surface area contributed by atoms with Crippen LogP contribution in [0.25, 0.3) is 16.5 Å². The van der Waals surface area contributed by atoms with E-state index in [0.717, 1.165) is 17.7 Å². The first-order valence-electron chi connectivity index (χ1n) is 8.45. The number of carbonyl (C=O) groups excluding carboxylic acids is 1. The van der Waals surface area contributed by atoms with E-state index in [4.69, 9.17) is 0 Å². The molecule has 1 amide bonds. The molecule has 3 heteroatoms. The number of carbonyl (C=O) groups is 1. The van der Waals surface area contributed by atoms with Crippen LogP contribution in [0.5, 0.6) is 0 Å². The van der Waals surface area contributed by atoms with Crippen LogP contribution in [0.2, 0.25) is 0 Å². The first-order chi connectivity index (χ1) is 11.3. The van der Waals surface area contributed by atoms with Crippen molar-refractivity contribution in [1.82, 2.24) is 5.32 Å². The van der Waals surface area contributed by atoms with Crippen molar-refractivity contribution in [2.24, 2.45) is 0 Å². The Hall–Kier alpha value is -1.87. The Morgan fingerprint density at radius 1 is 1.00 bits per heavy atom. The SMILES string of the molecule is O=C(/C=C/c1ccc(-c2ccccc2)s1)NC1CCCCCC1. The monoisotopic (exact) mass is 325 g/mol. The third kappa shape index (κ3) is 4.80. The second-order valence-electron chi connectivity index (χ2n) is 6.10. The number of thiophene rings is 1. The molecule has 0 spiro atoms. The summed E-state index contributed by atoms with van der Waals surface area (Å²) in [6.07, 6.45) is 10.9. The predicted molar refractivity (Wildman–Crippen MR) is 98.4 cm³/mol. The predicted octanol–water partition coefficient (Wildman–Crippen LogP) is 5.27. The van der Waals surface area contributed by atoms with Gasteiger partial charge in [0.1, 0.15) is 0 Å².